The summed E-state index contributed by atoms with van der Waals surface area (Å²) in [7, 11) is 3.27. The van der Waals surface area contributed by atoms with Crippen LogP contribution >= 0.6 is 23.2 Å². The summed E-state index contributed by atoms with van der Waals surface area (Å²) >= 11 is 14.3. The highest BCUT2D eigenvalue weighted by molar-refractivity contribution is 6.39. The molecule has 4 fully saturated rings. The van der Waals surface area contributed by atoms with E-state index in [-0.39, 0.29) is 22.9 Å². The molecule has 4 aliphatic heterocycles. The molecule has 6 heterocycles. The van der Waals surface area contributed by atoms with Crippen molar-refractivity contribution in [2.75, 3.05) is 40.4 Å². The minimum atomic E-state index is -0.107. The highest BCUT2D eigenvalue weighted by atomic mass is 35.5. The molecule has 2 atom stereocenters. The largest absolute Gasteiger partial charge is 0.481 e. The van der Waals surface area contributed by atoms with Crippen molar-refractivity contribution in [3.05, 3.63) is 81.8 Å². The van der Waals surface area contributed by atoms with Crippen LogP contribution in [0.25, 0.3) is 33.6 Å². The molecule has 2 N–H and O–H groups in total. The lowest BCUT2D eigenvalue weighted by atomic mass is 9.97. The second-order valence-electron chi connectivity index (χ2n) is 14.6. The molecule has 0 bridgehead atoms. The van der Waals surface area contributed by atoms with E-state index in [9.17, 15) is 9.59 Å². The zero-order valence-electron chi connectivity index (χ0n) is 29.4. The fourth-order valence-electron chi connectivity index (χ4n) is 8.54. The van der Waals surface area contributed by atoms with Gasteiger partial charge in [0, 0.05) is 85.5 Å². The molecule has 0 saturated carbocycles. The molecule has 10 nitrogen and oxygen atoms in total. The number of pyridine rings is 2. The summed E-state index contributed by atoms with van der Waals surface area (Å²) in [6.07, 6.45) is 4.89. The molecule has 12 heteroatoms. The molecule has 2 aromatic carbocycles. The zero-order chi connectivity index (χ0) is 36.0. The number of aromatic nitrogens is 2. The van der Waals surface area contributed by atoms with Crippen LogP contribution in [0.5, 0.6) is 11.8 Å². The first-order valence-corrected chi connectivity index (χ1v) is 18.7. The molecule has 2 spiro atoms. The predicted octanol–water partition coefficient (Wildman–Crippen LogP) is 6.51. The third-order valence-corrected chi connectivity index (χ3v) is 12.0. The van der Waals surface area contributed by atoms with E-state index in [1.54, 1.807) is 14.2 Å². The van der Waals surface area contributed by atoms with Crippen molar-refractivity contribution in [3.8, 4) is 45.4 Å². The molecule has 52 heavy (non-hydrogen) atoms. The van der Waals surface area contributed by atoms with Gasteiger partial charge in [0.05, 0.1) is 46.7 Å². The minimum Gasteiger partial charge on any atom is -0.481 e. The van der Waals surface area contributed by atoms with E-state index in [2.05, 4.69) is 20.4 Å². The molecular weight excluding hydrogens is 699 g/mol. The van der Waals surface area contributed by atoms with Crippen molar-refractivity contribution < 1.29 is 19.1 Å². The van der Waals surface area contributed by atoms with Gasteiger partial charge < -0.3 is 20.1 Å². The van der Waals surface area contributed by atoms with Crippen molar-refractivity contribution in [2.45, 2.75) is 62.7 Å². The summed E-state index contributed by atoms with van der Waals surface area (Å²) in [6, 6.07) is 19.8. The van der Waals surface area contributed by atoms with Gasteiger partial charge in [0.25, 0.3) is 0 Å². The van der Waals surface area contributed by atoms with E-state index in [0.717, 1.165) is 85.2 Å². The van der Waals surface area contributed by atoms with Crippen LogP contribution in [0.15, 0.2) is 60.7 Å². The van der Waals surface area contributed by atoms with Crippen molar-refractivity contribution in [1.29, 1.82) is 0 Å². The van der Waals surface area contributed by atoms with Gasteiger partial charge in [0.2, 0.25) is 23.6 Å². The summed E-state index contributed by atoms with van der Waals surface area (Å²) in [6.45, 7) is 4.83. The monoisotopic (exact) mass is 740 g/mol. The van der Waals surface area contributed by atoms with Crippen molar-refractivity contribution >= 4 is 35.0 Å². The first-order valence-electron chi connectivity index (χ1n) is 17.9. The Bertz CT molecular complexity index is 1920. The average molecular weight is 742 g/mol. The number of amides is 2. The minimum absolute atomic E-state index is 0.107. The zero-order valence-corrected chi connectivity index (χ0v) is 30.9. The van der Waals surface area contributed by atoms with Crippen molar-refractivity contribution in [1.82, 2.24) is 30.4 Å². The van der Waals surface area contributed by atoms with Gasteiger partial charge in [0.15, 0.2) is 0 Å². The van der Waals surface area contributed by atoms with Gasteiger partial charge in [-0.2, -0.15) is 0 Å². The van der Waals surface area contributed by atoms with Gasteiger partial charge in [-0.15, -0.1) is 0 Å². The summed E-state index contributed by atoms with van der Waals surface area (Å²) < 4.78 is 11.5. The van der Waals surface area contributed by atoms with Gasteiger partial charge in [-0.3, -0.25) is 19.4 Å². The first kappa shape index (κ1) is 34.8. The van der Waals surface area contributed by atoms with Crippen LogP contribution in [0, 0.1) is 0 Å². The van der Waals surface area contributed by atoms with E-state index < -0.39 is 0 Å². The Morgan fingerprint density at radius 1 is 0.635 bits per heavy atom. The number of rotatable bonds is 9. The number of nitrogens with one attached hydrogen (secondary N) is 2. The lowest BCUT2D eigenvalue weighted by Gasteiger charge is -2.24. The Hall–Kier alpha value is -4.22. The highest BCUT2D eigenvalue weighted by Crippen LogP contribution is 2.43. The van der Waals surface area contributed by atoms with Gasteiger partial charge in [-0.05, 0) is 37.8 Å². The number of benzene rings is 2. The second-order valence-corrected chi connectivity index (χ2v) is 15.4. The van der Waals surface area contributed by atoms with E-state index >= 15 is 0 Å². The predicted molar refractivity (Wildman–Crippen MR) is 201 cm³/mol. The molecular formula is C40H42Cl2N6O4. The number of ether oxygens (including phenoxy) is 2. The lowest BCUT2D eigenvalue weighted by molar-refractivity contribution is -0.120. The fourth-order valence-corrected chi connectivity index (χ4v) is 9.19. The molecule has 0 radical (unpaired) electrons. The molecule has 0 aliphatic carbocycles. The highest BCUT2D eigenvalue weighted by Gasteiger charge is 2.44. The van der Waals surface area contributed by atoms with Crippen LogP contribution in [0.4, 0.5) is 0 Å². The standard InChI is InChI=1S/C40H42Cl2N6O4/c1-51-37-25(21-47-19-17-39(23-47)15-13-33(49)45-39)9-11-31(43-37)29-7-3-5-27(35(29)41)28-6-4-8-30(36(28)42)32-12-10-26(38(44-32)52-2)22-48-20-18-40(24-48)16-14-34(50)46-40/h3-12H,13-24H2,1-2H3,(H,45,49)(H,46,50)/t39-,40-/m1/s1. The number of nitrogens with zero attached hydrogens (tertiary/aromatic N) is 4. The average Bonchev–Trinajstić information content (AvgIpc) is 3.93. The second kappa shape index (κ2) is 14.0. The Labute approximate surface area is 313 Å². The number of hydrogen-bond acceptors (Lipinski definition) is 8. The Morgan fingerprint density at radius 2 is 1.06 bits per heavy atom. The summed E-state index contributed by atoms with van der Waals surface area (Å²) in [5.41, 5.74) is 6.24. The van der Waals surface area contributed by atoms with Crippen molar-refractivity contribution in [3.63, 3.8) is 0 Å². The van der Waals surface area contributed by atoms with Gasteiger partial charge in [0.1, 0.15) is 0 Å². The summed E-state index contributed by atoms with van der Waals surface area (Å²) in [4.78, 5) is 38.3. The van der Waals surface area contributed by atoms with E-state index in [1.807, 2.05) is 60.7 Å². The maximum atomic E-state index is 11.9. The summed E-state index contributed by atoms with van der Waals surface area (Å²) in [5.74, 6) is 1.39. The van der Waals surface area contributed by atoms with Gasteiger partial charge in [-0.1, -0.05) is 71.7 Å². The molecule has 2 amide bonds. The van der Waals surface area contributed by atoms with Gasteiger partial charge in [-0.25, -0.2) is 9.97 Å². The molecule has 0 unspecified atom stereocenters. The van der Waals surface area contributed by atoms with Crippen LogP contribution in [0.1, 0.15) is 49.7 Å². The fraction of sp³-hybridized carbons (Fsp3) is 0.400. The Kier molecular flexibility index (Phi) is 9.36. The molecule has 4 saturated heterocycles. The SMILES string of the molecule is COc1nc(-c2cccc(-c3cccc(-c4ccc(CN5CC[C@]6(CCC(=O)N6)C5)c(OC)n4)c3Cl)c2Cl)ccc1CN1CC[C@]2(CCC(=O)N2)C1. The number of carbonyl (C=O) groups is 2. The number of likely N-dealkylation sites (tertiary alicyclic amines) is 2. The Morgan fingerprint density at radius 3 is 1.44 bits per heavy atom. The molecule has 2 aromatic heterocycles. The van der Waals surface area contributed by atoms with Crippen LogP contribution in [-0.4, -0.2) is 83.1 Å². The number of carbonyl (C=O) groups excluding carboxylic acids is 2. The van der Waals surface area contributed by atoms with Crippen molar-refractivity contribution in [2.24, 2.45) is 0 Å². The lowest BCUT2D eigenvalue weighted by Crippen LogP contribution is -2.43. The summed E-state index contributed by atoms with van der Waals surface area (Å²) in [5, 5.41) is 7.47. The Balaban J connectivity index is 1.02. The number of halogens is 2. The van der Waals surface area contributed by atoms with Crippen LogP contribution in [0.2, 0.25) is 10.0 Å². The quantitative estimate of drug-likeness (QED) is 0.200. The smallest absolute Gasteiger partial charge is 0.220 e. The topological polar surface area (TPSA) is 109 Å². The molecule has 4 aliphatic rings. The van der Waals surface area contributed by atoms with Gasteiger partial charge >= 0.3 is 0 Å². The molecule has 8 rings (SSSR count). The van der Waals surface area contributed by atoms with E-state index in [0.29, 0.717) is 59.1 Å². The molecule has 270 valence electrons. The first-order chi connectivity index (χ1) is 25.2. The maximum absolute atomic E-state index is 11.9. The van der Waals surface area contributed by atoms with Crippen LogP contribution < -0.4 is 20.1 Å². The third kappa shape index (κ3) is 6.62. The van der Waals surface area contributed by atoms with E-state index in [4.69, 9.17) is 42.6 Å². The van der Waals surface area contributed by atoms with Crippen LogP contribution in [0.3, 0.4) is 0 Å². The maximum Gasteiger partial charge on any atom is 0.220 e. The molecule has 4 aromatic rings. The normalized spacial score (nSPS) is 23.2. The third-order valence-electron chi connectivity index (χ3n) is 11.2. The van der Waals surface area contributed by atoms with Crippen LogP contribution in [-0.2, 0) is 22.7 Å². The number of methoxy groups -OCH3 is 2. The van der Waals surface area contributed by atoms with E-state index in [1.165, 1.54) is 0 Å². The number of hydrogen-bond donors (Lipinski definition) is 2.